The zero-order chi connectivity index (χ0) is 14.8. The second-order valence-electron chi connectivity index (χ2n) is 4.85. The highest BCUT2D eigenvalue weighted by Crippen LogP contribution is 2.33. The number of hydrogen-bond acceptors (Lipinski definition) is 4. The van der Waals surface area contributed by atoms with Crippen LogP contribution in [0.1, 0.15) is 23.2 Å². The predicted molar refractivity (Wildman–Crippen MR) is 87.0 cm³/mol. The number of halogens is 1. The summed E-state index contributed by atoms with van der Waals surface area (Å²) in [5.74, 6) is 0.106. The summed E-state index contributed by atoms with van der Waals surface area (Å²) in [6.07, 6.45) is 3.12. The Balaban J connectivity index is 2.04. The van der Waals surface area contributed by atoms with E-state index >= 15 is 0 Å². The number of hydrogen-bond donors (Lipinski definition) is 2. The van der Waals surface area contributed by atoms with Gasteiger partial charge in [0.2, 0.25) is 0 Å². The zero-order valence-corrected chi connectivity index (χ0v) is 13.6. The van der Waals surface area contributed by atoms with Crippen LogP contribution in [-0.2, 0) is 12.8 Å². The lowest BCUT2D eigenvalue weighted by Crippen LogP contribution is -2.16. The Morgan fingerprint density at radius 2 is 2.19 bits per heavy atom. The fraction of sp³-hybridized carbons (Fsp3) is 0.200. The van der Waals surface area contributed by atoms with Crippen LogP contribution in [-0.4, -0.2) is 16.0 Å². The van der Waals surface area contributed by atoms with Gasteiger partial charge in [-0.3, -0.25) is 0 Å². The van der Waals surface area contributed by atoms with Crippen molar-refractivity contribution in [2.45, 2.75) is 29.2 Å². The molecule has 0 spiro atoms. The van der Waals surface area contributed by atoms with Crippen LogP contribution in [0, 0.1) is 0 Å². The molecule has 3 N–H and O–H groups in total. The lowest BCUT2D eigenvalue weighted by Gasteiger charge is -2.10. The van der Waals surface area contributed by atoms with Gasteiger partial charge in [-0.05, 0) is 49.1 Å². The molecule has 21 heavy (non-hydrogen) atoms. The maximum absolute atomic E-state index is 8.99. The molecule has 0 bridgehead atoms. The number of nitrogens with zero attached hydrogens (tertiary/aromatic N) is 2. The normalized spacial score (nSPS) is 14.2. The monoisotopic (exact) mass is 363 g/mol. The molecule has 4 nitrogen and oxygen atoms in total. The predicted octanol–water partition coefficient (Wildman–Crippen LogP) is 3.58. The van der Waals surface area contributed by atoms with Crippen molar-refractivity contribution in [2.24, 2.45) is 10.9 Å². The molecule has 3 rings (SSSR count). The zero-order valence-electron chi connectivity index (χ0n) is 11.2. The van der Waals surface area contributed by atoms with Gasteiger partial charge in [-0.15, -0.1) is 0 Å². The molecule has 1 heterocycles. The van der Waals surface area contributed by atoms with Crippen LogP contribution in [0.5, 0.6) is 0 Å². The van der Waals surface area contributed by atoms with Crippen molar-refractivity contribution in [3.63, 3.8) is 0 Å². The second kappa shape index (κ2) is 6.07. The standard InChI is InChI=1S/C15H14BrN3OS/c16-10-4-2-5-11(8-10)21-15-12(14(17)19-20)7-9-3-1-6-13(9)18-15/h2,4-5,7-8,20H,1,3,6H2,(H2,17,19). The fourth-order valence-electron chi connectivity index (χ4n) is 2.41. The quantitative estimate of drug-likeness (QED) is 0.378. The fourth-order valence-corrected chi connectivity index (χ4v) is 3.95. The van der Waals surface area contributed by atoms with Gasteiger partial charge in [0.25, 0.3) is 0 Å². The van der Waals surface area contributed by atoms with Crippen molar-refractivity contribution < 1.29 is 5.21 Å². The van der Waals surface area contributed by atoms with Crippen molar-refractivity contribution in [3.05, 3.63) is 51.6 Å². The summed E-state index contributed by atoms with van der Waals surface area (Å²) in [5.41, 5.74) is 8.84. The summed E-state index contributed by atoms with van der Waals surface area (Å²) >= 11 is 4.99. The number of aromatic nitrogens is 1. The molecule has 1 aliphatic carbocycles. The van der Waals surface area contributed by atoms with Crippen molar-refractivity contribution in [2.75, 3.05) is 0 Å². The van der Waals surface area contributed by atoms with E-state index in [0.717, 1.165) is 39.4 Å². The maximum atomic E-state index is 8.99. The molecule has 0 radical (unpaired) electrons. The number of rotatable bonds is 3. The SMILES string of the molecule is NC(=NO)c1cc2c(nc1Sc1cccc(Br)c1)CCC2. The summed E-state index contributed by atoms with van der Waals surface area (Å²) in [7, 11) is 0. The number of pyridine rings is 1. The van der Waals surface area contributed by atoms with Gasteiger partial charge in [-0.2, -0.15) is 0 Å². The highest BCUT2D eigenvalue weighted by atomic mass is 79.9. The van der Waals surface area contributed by atoms with Crippen molar-refractivity contribution in [3.8, 4) is 0 Å². The maximum Gasteiger partial charge on any atom is 0.172 e. The largest absolute Gasteiger partial charge is 0.409 e. The molecular formula is C15H14BrN3OS. The van der Waals surface area contributed by atoms with Crippen LogP contribution >= 0.6 is 27.7 Å². The Hall–Kier alpha value is -1.53. The Kier molecular flexibility index (Phi) is 4.17. The number of fused-ring (bicyclic) bond motifs is 1. The van der Waals surface area contributed by atoms with Crippen molar-refractivity contribution >= 4 is 33.5 Å². The first-order valence-electron chi connectivity index (χ1n) is 6.61. The third kappa shape index (κ3) is 3.06. The summed E-state index contributed by atoms with van der Waals surface area (Å²) in [6.45, 7) is 0. The molecule has 0 amide bonds. The third-order valence-electron chi connectivity index (χ3n) is 3.41. The average Bonchev–Trinajstić information content (AvgIpc) is 2.93. The molecule has 1 aliphatic rings. The van der Waals surface area contributed by atoms with Crippen LogP contribution in [0.25, 0.3) is 0 Å². The van der Waals surface area contributed by atoms with Crippen LogP contribution in [0.3, 0.4) is 0 Å². The molecule has 2 aromatic rings. The summed E-state index contributed by atoms with van der Waals surface area (Å²) in [6, 6.07) is 9.99. The van der Waals surface area contributed by atoms with Gasteiger partial charge in [0.15, 0.2) is 5.84 Å². The molecule has 0 atom stereocenters. The first-order valence-corrected chi connectivity index (χ1v) is 8.22. The van der Waals surface area contributed by atoms with Crippen LogP contribution in [0.4, 0.5) is 0 Å². The van der Waals surface area contributed by atoms with Crippen LogP contribution < -0.4 is 5.73 Å². The Bertz CT molecular complexity index is 718. The Morgan fingerprint density at radius 3 is 2.95 bits per heavy atom. The summed E-state index contributed by atoms with van der Waals surface area (Å²) in [4.78, 5) is 5.78. The molecule has 1 aromatic carbocycles. The number of oxime groups is 1. The molecule has 0 aliphatic heterocycles. The highest BCUT2D eigenvalue weighted by Gasteiger charge is 2.19. The molecule has 0 saturated carbocycles. The topological polar surface area (TPSA) is 71.5 Å². The molecule has 6 heteroatoms. The Labute approximate surface area is 135 Å². The minimum Gasteiger partial charge on any atom is -0.409 e. The van der Waals surface area contributed by atoms with E-state index < -0.39 is 0 Å². The first-order chi connectivity index (χ1) is 10.2. The van der Waals surface area contributed by atoms with Gasteiger partial charge in [0.1, 0.15) is 5.03 Å². The number of benzene rings is 1. The summed E-state index contributed by atoms with van der Waals surface area (Å²) < 4.78 is 1.01. The second-order valence-corrected chi connectivity index (χ2v) is 6.82. The molecule has 1 aromatic heterocycles. The van der Waals surface area contributed by atoms with E-state index in [1.807, 2.05) is 30.3 Å². The van der Waals surface area contributed by atoms with Gasteiger partial charge in [-0.1, -0.05) is 38.9 Å². The minimum atomic E-state index is 0.106. The smallest absolute Gasteiger partial charge is 0.172 e. The highest BCUT2D eigenvalue weighted by molar-refractivity contribution is 9.10. The van der Waals surface area contributed by atoms with E-state index in [2.05, 4.69) is 21.1 Å². The number of aryl methyl sites for hydroxylation is 2. The van der Waals surface area contributed by atoms with E-state index in [4.69, 9.17) is 15.9 Å². The molecule has 0 unspecified atom stereocenters. The third-order valence-corrected chi connectivity index (χ3v) is 4.90. The molecule has 108 valence electrons. The number of nitrogens with two attached hydrogens (primary N) is 1. The van der Waals surface area contributed by atoms with Gasteiger partial charge in [0, 0.05) is 15.1 Å². The van der Waals surface area contributed by atoms with Crippen LogP contribution in [0.15, 0.2) is 49.9 Å². The van der Waals surface area contributed by atoms with Crippen molar-refractivity contribution in [1.82, 2.24) is 4.98 Å². The first kappa shape index (κ1) is 14.4. The molecular weight excluding hydrogens is 350 g/mol. The number of amidine groups is 1. The average molecular weight is 364 g/mol. The van der Waals surface area contributed by atoms with E-state index in [-0.39, 0.29) is 5.84 Å². The van der Waals surface area contributed by atoms with E-state index in [9.17, 15) is 0 Å². The van der Waals surface area contributed by atoms with E-state index in [0.29, 0.717) is 5.56 Å². The van der Waals surface area contributed by atoms with Gasteiger partial charge in [-0.25, -0.2) is 4.98 Å². The summed E-state index contributed by atoms with van der Waals surface area (Å²) in [5, 5.41) is 12.9. The van der Waals surface area contributed by atoms with Crippen LogP contribution in [0.2, 0.25) is 0 Å². The van der Waals surface area contributed by atoms with Crippen molar-refractivity contribution in [1.29, 1.82) is 0 Å². The lowest BCUT2D eigenvalue weighted by molar-refractivity contribution is 0.318. The van der Waals surface area contributed by atoms with E-state index in [1.54, 1.807) is 0 Å². The lowest BCUT2D eigenvalue weighted by atomic mass is 10.1. The van der Waals surface area contributed by atoms with Gasteiger partial charge in [0.05, 0.1) is 5.56 Å². The van der Waals surface area contributed by atoms with Gasteiger partial charge < -0.3 is 10.9 Å². The van der Waals surface area contributed by atoms with Gasteiger partial charge >= 0.3 is 0 Å². The van der Waals surface area contributed by atoms with E-state index in [1.165, 1.54) is 17.3 Å². The molecule has 0 fully saturated rings. The minimum absolute atomic E-state index is 0.106. The Morgan fingerprint density at radius 1 is 1.33 bits per heavy atom. The molecule has 0 saturated heterocycles.